The lowest BCUT2D eigenvalue weighted by Gasteiger charge is -2.21. The third kappa shape index (κ3) is 68.4. The monoisotopic (exact) mass is 1370 g/mol. The van der Waals surface area contributed by atoms with Gasteiger partial charge in [0.05, 0.1) is 26.4 Å². The van der Waals surface area contributed by atoms with Crippen LogP contribution in [0.25, 0.3) is 0 Å². The smallest absolute Gasteiger partial charge is 0.462 e. The fourth-order valence-corrected chi connectivity index (χ4v) is 12.9. The molecule has 0 aliphatic rings. The number of rotatable bonds is 74. The molecule has 0 saturated heterocycles. The van der Waals surface area contributed by atoms with Gasteiger partial charge in [-0.05, 0) is 31.6 Å². The molecular weight excluding hydrogens is 1220 g/mol. The lowest BCUT2D eigenvalue weighted by Crippen LogP contribution is -2.30. The van der Waals surface area contributed by atoms with Crippen molar-refractivity contribution in [3.8, 4) is 0 Å². The molecule has 3 N–H and O–H groups in total. The first kappa shape index (κ1) is 91.1. The average molecular weight is 1370 g/mol. The van der Waals surface area contributed by atoms with E-state index in [1.54, 1.807) is 0 Å². The highest BCUT2D eigenvalue weighted by Gasteiger charge is 2.30. The second-order valence-corrected chi connectivity index (χ2v) is 30.1. The predicted molar refractivity (Wildman–Crippen MR) is 377 cm³/mol. The van der Waals surface area contributed by atoms with E-state index in [1.165, 1.54) is 199 Å². The lowest BCUT2D eigenvalue weighted by molar-refractivity contribution is -0.161. The molecule has 0 radical (unpaired) electrons. The van der Waals surface area contributed by atoms with Crippen LogP contribution in [0.2, 0.25) is 0 Å². The van der Waals surface area contributed by atoms with Crippen LogP contribution < -0.4 is 0 Å². The molecule has 0 bridgehead atoms. The number of hydrogen-bond acceptors (Lipinski definition) is 15. The Morgan fingerprint density at radius 3 is 0.731 bits per heavy atom. The van der Waals surface area contributed by atoms with Gasteiger partial charge in [-0.1, -0.05) is 336 Å². The van der Waals surface area contributed by atoms with Crippen LogP contribution in [0.15, 0.2) is 0 Å². The van der Waals surface area contributed by atoms with Crippen molar-refractivity contribution in [2.75, 3.05) is 39.6 Å². The summed E-state index contributed by atoms with van der Waals surface area (Å²) >= 11 is 0. The van der Waals surface area contributed by atoms with E-state index in [1.807, 2.05) is 0 Å². The zero-order chi connectivity index (χ0) is 68.4. The van der Waals surface area contributed by atoms with Gasteiger partial charge in [0.15, 0.2) is 12.2 Å². The van der Waals surface area contributed by atoms with Gasteiger partial charge >= 0.3 is 39.5 Å². The van der Waals surface area contributed by atoms with Crippen molar-refractivity contribution in [3.05, 3.63) is 0 Å². The Kier molecular flexibility index (Phi) is 65.9. The van der Waals surface area contributed by atoms with Crippen LogP contribution in [-0.4, -0.2) is 96.7 Å². The van der Waals surface area contributed by atoms with Crippen molar-refractivity contribution in [3.63, 3.8) is 0 Å². The molecule has 0 amide bonds. The highest BCUT2D eigenvalue weighted by atomic mass is 31.2. The summed E-state index contributed by atoms with van der Waals surface area (Å²) in [5.41, 5.74) is 0. The molecule has 2 unspecified atom stereocenters. The highest BCUT2D eigenvalue weighted by molar-refractivity contribution is 7.47. The largest absolute Gasteiger partial charge is 0.472 e. The molecule has 19 heteroatoms. The molecule has 0 spiro atoms. The number of hydrogen-bond donors (Lipinski definition) is 3. The van der Waals surface area contributed by atoms with Crippen LogP contribution in [0.5, 0.6) is 0 Å². The van der Waals surface area contributed by atoms with Gasteiger partial charge in [0.25, 0.3) is 0 Å². The molecule has 552 valence electrons. The van der Waals surface area contributed by atoms with Gasteiger partial charge in [0.2, 0.25) is 0 Å². The maximum atomic E-state index is 13.1. The van der Waals surface area contributed by atoms with E-state index in [9.17, 15) is 43.2 Å². The van der Waals surface area contributed by atoms with E-state index in [0.717, 1.165) is 109 Å². The molecule has 0 aliphatic carbocycles. The van der Waals surface area contributed by atoms with E-state index < -0.39 is 97.5 Å². The molecule has 0 fully saturated rings. The summed E-state index contributed by atoms with van der Waals surface area (Å²) in [6, 6.07) is 0. The van der Waals surface area contributed by atoms with Crippen molar-refractivity contribution < 1.29 is 80.2 Å². The zero-order valence-corrected chi connectivity index (χ0v) is 62.2. The fraction of sp³-hybridized carbons (Fsp3) is 0.946. The van der Waals surface area contributed by atoms with Gasteiger partial charge < -0.3 is 33.8 Å². The second-order valence-electron chi connectivity index (χ2n) is 27.2. The first-order valence-corrected chi connectivity index (χ1v) is 41.6. The summed E-state index contributed by atoms with van der Waals surface area (Å²) in [7, 11) is -9.90. The number of unbranched alkanes of at least 4 members (excludes halogenated alkanes) is 46. The fourth-order valence-electron chi connectivity index (χ4n) is 11.4. The van der Waals surface area contributed by atoms with Gasteiger partial charge in [-0.15, -0.1) is 0 Å². The summed E-state index contributed by atoms with van der Waals surface area (Å²) in [6.45, 7) is 7.21. The van der Waals surface area contributed by atoms with Crippen molar-refractivity contribution in [2.45, 2.75) is 406 Å². The van der Waals surface area contributed by atoms with Crippen LogP contribution >= 0.6 is 15.6 Å². The van der Waals surface area contributed by atoms with Gasteiger partial charge in [-0.25, -0.2) is 9.13 Å². The molecule has 0 heterocycles. The van der Waals surface area contributed by atoms with Crippen molar-refractivity contribution in [2.24, 2.45) is 5.92 Å². The SMILES string of the molecule is CCCCCCCCCCCCCCCCCCCCCCCCC(=O)O[C@H](COC(=O)CCCCCCCCCCCC(C)C)COP(=O)(O)OC[C@@H](O)COP(=O)(O)OC[C@@H](COC(=O)CCCCCCCCC)OC(=O)CCCCCCCCCCCCCC. The normalized spacial score (nSPS) is 14.0. The molecule has 0 aromatic heterocycles. The number of ether oxygens (including phenoxy) is 4. The minimum Gasteiger partial charge on any atom is -0.462 e. The standard InChI is InChI=1S/C74H144O17P2/c1-6-9-12-15-18-20-22-24-25-26-27-28-29-30-31-32-33-35-39-45-50-55-60-74(79)91-70(64-85-72(77)58-53-48-43-40-36-37-42-46-51-56-67(4)5)66-89-93(82,83)87-62-68(75)61-86-92(80,81)88-65-69(63-84-71(76)57-52-47-41-17-14-11-8-3)90-73(78)59-54-49-44-38-34-23-21-19-16-13-10-7-2/h67-70,75H,6-66H2,1-5H3,(H,80,81)(H,82,83)/t68-,69+,70+/m0/s1. The molecule has 0 rings (SSSR count). The zero-order valence-electron chi connectivity index (χ0n) is 60.4. The highest BCUT2D eigenvalue weighted by Crippen LogP contribution is 2.45. The third-order valence-electron chi connectivity index (χ3n) is 17.3. The molecule has 0 aromatic carbocycles. The summed E-state index contributed by atoms with van der Waals surface area (Å²) in [4.78, 5) is 72.5. The molecule has 93 heavy (non-hydrogen) atoms. The Labute approximate surface area is 568 Å². The minimum absolute atomic E-state index is 0.107. The molecular formula is C74H144O17P2. The molecule has 0 aromatic rings. The maximum Gasteiger partial charge on any atom is 0.472 e. The van der Waals surface area contributed by atoms with Crippen LogP contribution in [0.4, 0.5) is 0 Å². The van der Waals surface area contributed by atoms with Crippen LogP contribution in [-0.2, 0) is 65.4 Å². The van der Waals surface area contributed by atoms with Crippen LogP contribution in [0.1, 0.15) is 388 Å². The lowest BCUT2D eigenvalue weighted by atomic mass is 10.0. The van der Waals surface area contributed by atoms with E-state index in [0.29, 0.717) is 25.7 Å². The van der Waals surface area contributed by atoms with E-state index >= 15 is 0 Å². The number of esters is 4. The number of carbonyl (C=O) groups excluding carboxylic acids is 4. The number of phosphoric acid groups is 2. The topological polar surface area (TPSA) is 237 Å². The van der Waals surface area contributed by atoms with E-state index in [2.05, 4.69) is 34.6 Å². The minimum atomic E-state index is -4.95. The second kappa shape index (κ2) is 67.3. The quantitative estimate of drug-likeness (QED) is 0.0222. The Morgan fingerprint density at radius 2 is 0.495 bits per heavy atom. The summed E-state index contributed by atoms with van der Waals surface area (Å²) in [5.74, 6) is -1.38. The van der Waals surface area contributed by atoms with Crippen LogP contribution in [0.3, 0.4) is 0 Å². The predicted octanol–water partition coefficient (Wildman–Crippen LogP) is 21.7. The number of aliphatic hydroxyl groups is 1. The average Bonchev–Trinajstić information content (AvgIpc) is 2.72. The van der Waals surface area contributed by atoms with Gasteiger partial charge in [-0.2, -0.15) is 0 Å². The first-order valence-electron chi connectivity index (χ1n) is 38.6. The van der Waals surface area contributed by atoms with Crippen molar-refractivity contribution in [1.29, 1.82) is 0 Å². The first-order chi connectivity index (χ1) is 45.0. The van der Waals surface area contributed by atoms with E-state index in [4.69, 9.17) is 37.0 Å². The summed E-state index contributed by atoms with van der Waals surface area (Å²) < 4.78 is 68.3. The Morgan fingerprint density at radius 1 is 0.290 bits per heavy atom. The van der Waals surface area contributed by atoms with E-state index in [-0.39, 0.29) is 25.7 Å². The molecule has 17 nitrogen and oxygen atoms in total. The number of phosphoric ester groups is 2. The van der Waals surface area contributed by atoms with Crippen molar-refractivity contribution >= 4 is 39.5 Å². The van der Waals surface area contributed by atoms with Gasteiger partial charge in [0, 0.05) is 25.7 Å². The Bertz CT molecular complexity index is 1790. The summed E-state index contributed by atoms with van der Waals surface area (Å²) in [5, 5.41) is 10.6. The molecule has 5 atom stereocenters. The molecule has 0 saturated carbocycles. The van der Waals surface area contributed by atoms with Gasteiger partial charge in [-0.3, -0.25) is 37.3 Å². The van der Waals surface area contributed by atoms with Gasteiger partial charge in [0.1, 0.15) is 19.3 Å². The number of aliphatic hydroxyl groups excluding tert-OH is 1. The third-order valence-corrected chi connectivity index (χ3v) is 19.2. The van der Waals surface area contributed by atoms with Crippen LogP contribution in [0, 0.1) is 5.92 Å². The molecule has 0 aliphatic heterocycles. The number of carbonyl (C=O) groups is 4. The van der Waals surface area contributed by atoms with Crippen molar-refractivity contribution in [1.82, 2.24) is 0 Å². The summed E-state index contributed by atoms with van der Waals surface area (Å²) in [6.07, 6.45) is 55.8. The maximum absolute atomic E-state index is 13.1. The Balaban J connectivity index is 5.13. The Hall–Kier alpha value is -1.94.